The van der Waals surface area contributed by atoms with E-state index in [9.17, 15) is 14.4 Å². The van der Waals surface area contributed by atoms with Crippen molar-refractivity contribution in [3.05, 3.63) is 90.0 Å². The molecule has 34 heavy (non-hydrogen) atoms. The van der Waals surface area contributed by atoms with Gasteiger partial charge in [-0.15, -0.1) is 0 Å². The largest absolute Gasteiger partial charge is 0.383 e. The monoisotopic (exact) mass is 460 g/mol. The molecular formula is C26H28N4O4. The van der Waals surface area contributed by atoms with Crippen LogP contribution in [0.3, 0.4) is 0 Å². The molecule has 0 fully saturated rings. The number of amides is 3. The molecule has 0 heterocycles. The van der Waals surface area contributed by atoms with Gasteiger partial charge in [0.15, 0.2) is 0 Å². The molecule has 0 aliphatic rings. The summed E-state index contributed by atoms with van der Waals surface area (Å²) >= 11 is 0. The Kier molecular flexibility index (Phi) is 8.76. The van der Waals surface area contributed by atoms with Crippen LogP contribution in [0.25, 0.3) is 0 Å². The van der Waals surface area contributed by atoms with Crippen LogP contribution < -0.4 is 20.9 Å². The summed E-state index contributed by atoms with van der Waals surface area (Å²) in [5.41, 5.74) is 3.03. The standard InChI is InChI=1S/C26H28N4O4/c1-30(23-9-4-3-5-10-23)26(33)19-11-13-21(14-12-19)28-18-24(31)29-22-8-6-7-20(17-22)25(32)27-15-16-34-2/h3-14,17,28H,15-16,18H2,1-2H3,(H,27,32)(H,29,31). The first kappa shape index (κ1) is 24.5. The number of benzene rings is 3. The number of hydrogen-bond acceptors (Lipinski definition) is 5. The fourth-order valence-corrected chi connectivity index (χ4v) is 3.19. The molecule has 0 aromatic heterocycles. The maximum Gasteiger partial charge on any atom is 0.258 e. The average Bonchev–Trinajstić information content (AvgIpc) is 2.87. The van der Waals surface area contributed by atoms with Crippen LogP contribution in [-0.4, -0.2) is 51.6 Å². The van der Waals surface area contributed by atoms with Crippen LogP contribution in [0.1, 0.15) is 20.7 Å². The van der Waals surface area contributed by atoms with Gasteiger partial charge in [-0.1, -0.05) is 24.3 Å². The summed E-state index contributed by atoms with van der Waals surface area (Å²) in [5, 5.41) is 8.54. The third-order valence-corrected chi connectivity index (χ3v) is 5.03. The van der Waals surface area contributed by atoms with Gasteiger partial charge < -0.3 is 25.6 Å². The molecule has 176 valence electrons. The van der Waals surface area contributed by atoms with E-state index < -0.39 is 0 Å². The van der Waals surface area contributed by atoms with Crippen LogP contribution in [-0.2, 0) is 9.53 Å². The molecule has 0 radical (unpaired) electrons. The predicted octanol–water partition coefficient (Wildman–Crippen LogP) is 3.39. The zero-order chi connectivity index (χ0) is 24.3. The quantitative estimate of drug-likeness (QED) is 0.403. The molecule has 0 aliphatic carbocycles. The van der Waals surface area contributed by atoms with E-state index in [-0.39, 0.29) is 24.3 Å². The van der Waals surface area contributed by atoms with E-state index in [4.69, 9.17) is 4.74 Å². The van der Waals surface area contributed by atoms with Crippen LogP contribution in [0.5, 0.6) is 0 Å². The average molecular weight is 461 g/mol. The molecule has 3 aromatic carbocycles. The highest BCUT2D eigenvalue weighted by Gasteiger charge is 2.13. The maximum atomic E-state index is 12.7. The first-order chi connectivity index (χ1) is 16.5. The van der Waals surface area contributed by atoms with Crippen LogP contribution in [0.4, 0.5) is 17.1 Å². The topological polar surface area (TPSA) is 99.8 Å². The third kappa shape index (κ3) is 6.91. The van der Waals surface area contributed by atoms with Gasteiger partial charge in [0.1, 0.15) is 0 Å². The number of para-hydroxylation sites is 1. The minimum atomic E-state index is -0.263. The molecule has 0 atom stereocenters. The maximum absolute atomic E-state index is 12.7. The molecule has 8 nitrogen and oxygen atoms in total. The highest BCUT2D eigenvalue weighted by atomic mass is 16.5. The molecule has 0 unspecified atom stereocenters. The van der Waals surface area contributed by atoms with E-state index >= 15 is 0 Å². The van der Waals surface area contributed by atoms with Crippen LogP contribution in [0.2, 0.25) is 0 Å². The van der Waals surface area contributed by atoms with Gasteiger partial charge in [0.2, 0.25) is 5.91 Å². The summed E-state index contributed by atoms with van der Waals surface area (Å²) < 4.78 is 4.92. The second-order valence-corrected chi connectivity index (χ2v) is 7.51. The molecule has 0 bridgehead atoms. The number of methoxy groups -OCH3 is 1. The van der Waals surface area contributed by atoms with Gasteiger partial charge in [-0.25, -0.2) is 0 Å². The lowest BCUT2D eigenvalue weighted by Gasteiger charge is -2.17. The number of carbonyl (C=O) groups is 3. The summed E-state index contributed by atoms with van der Waals surface area (Å²) in [6.07, 6.45) is 0. The van der Waals surface area contributed by atoms with Gasteiger partial charge >= 0.3 is 0 Å². The normalized spacial score (nSPS) is 10.3. The number of nitrogens with one attached hydrogen (secondary N) is 3. The molecule has 0 spiro atoms. The van der Waals surface area contributed by atoms with Gasteiger partial charge in [0.25, 0.3) is 11.8 Å². The van der Waals surface area contributed by atoms with Crippen LogP contribution >= 0.6 is 0 Å². The number of carbonyl (C=O) groups excluding carboxylic acids is 3. The summed E-state index contributed by atoms with van der Waals surface area (Å²) in [5.74, 6) is -0.624. The fourth-order valence-electron chi connectivity index (χ4n) is 3.19. The van der Waals surface area contributed by atoms with E-state index in [1.165, 1.54) is 0 Å². The molecule has 3 aromatic rings. The summed E-state index contributed by atoms with van der Waals surface area (Å²) in [4.78, 5) is 38.8. The summed E-state index contributed by atoms with van der Waals surface area (Å²) in [7, 11) is 3.29. The lowest BCUT2D eigenvalue weighted by Crippen LogP contribution is -2.27. The summed E-state index contributed by atoms with van der Waals surface area (Å²) in [6.45, 7) is 0.858. The van der Waals surface area contributed by atoms with Crippen molar-refractivity contribution in [2.24, 2.45) is 0 Å². The molecule has 0 saturated carbocycles. The molecular weight excluding hydrogens is 432 g/mol. The number of nitrogens with zero attached hydrogens (tertiary/aromatic N) is 1. The van der Waals surface area contributed by atoms with Crippen molar-refractivity contribution in [3.63, 3.8) is 0 Å². The van der Waals surface area contributed by atoms with E-state index in [2.05, 4.69) is 16.0 Å². The predicted molar refractivity (Wildman–Crippen MR) is 133 cm³/mol. The van der Waals surface area contributed by atoms with E-state index in [0.29, 0.717) is 35.7 Å². The molecule has 3 rings (SSSR count). The Morgan fingerprint density at radius 2 is 1.59 bits per heavy atom. The van der Waals surface area contributed by atoms with Crippen molar-refractivity contribution in [3.8, 4) is 0 Å². The van der Waals surface area contributed by atoms with Crippen LogP contribution in [0.15, 0.2) is 78.9 Å². The fraction of sp³-hybridized carbons (Fsp3) is 0.192. The van der Waals surface area contributed by atoms with E-state index in [1.54, 1.807) is 67.6 Å². The molecule has 3 N–H and O–H groups in total. The van der Waals surface area contributed by atoms with Crippen molar-refractivity contribution in [1.82, 2.24) is 5.32 Å². The lowest BCUT2D eigenvalue weighted by molar-refractivity contribution is -0.114. The van der Waals surface area contributed by atoms with Gasteiger partial charge in [-0.2, -0.15) is 0 Å². The van der Waals surface area contributed by atoms with Crippen LogP contribution in [0, 0.1) is 0 Å². The molecule has 3 amide bonds. The Morgan fingerprint density at radius 1 is 0.853 bits per heavy atom. The summed E-state index contributed by atoms with van der Waals surface area (Å²) in [6, 6.07) is 23.1. The molecule has 0 aliphatic heterocycles. The number of hydrogen-bond donors (Lipinski definition) is 3. The Labute approximate surface area is 198 Å². The van der Waals surface area contributed by atoms with Gasteiger partial charge in [-0.3, -0.25) is 14.4 Å². The van der Waals surface area contributed by atoms with Gasteiger partial charge in [0.05, 0.1) is 13.2 Å². The highest BCUT2D eigenvalue weighted by molar-refractivity contribution is 6.06. The second-order valence-electron chi connectivity index (χ2n) is 7.51. The molecule has 0 saturated heterocycles. The lowest BCUT2D eigenvalue weighted by atomic mass is 10.1. The smallest absolute Gasteiger partial charge is 0.258 e. The number of anilines is 3. The van der Waals surface area contributed by atoms with Crippen molar-refractivity contribution >= 4 is 34.8 Å². The Bertz CT molecular complexity index is 1120. The highest BCUT2D eigenvalue weighted by Crippen LogP contribution is 2.17. The second kappa shape index (κ2) is 12.2. The van der Waals surface area contributed by atoms with Crippen molar-refractivity contribution in [1.29, 1.82) is 0 Å². The van der Waals surface area contributed by atoms with Gasteiger partial charge in [-0.05, 0) is 54.6 Å². The minimum absolute atomic E-state index is 0.0292. The van der Waals surface area contributed by atoms with Crippen molar-refractivity contribution < 1.29 is 19.1 Å². The first-order valence-electron chi connectivity index (χ1n) is 10.8. The zero-order valence-electron chi connectivity index (χ0n) is 19.2. The van der Waals surface area contributed by atoms with E-state index in [0.717, 1.165) is 5.69 Å². The number of rotatable bonds is 10. The third-order valence-electron chi connectivity index (χ3n) is 5.03. The van der Waals surface area contributed by atoms with E-state index in [1.807, 2.05) is 30.3 Å². The van der Waals surface area contributed by atoms with Crippen molar-refractivity contribution in [2.75, 3.05) is 49.4 Å². The minimum Gasteiger partial charge on any atom is -0.383 e. The Balaban J connectivity index is 1.51. The molecule has 8 heteroatoms. The Morgan fingerprint density at radius 3 is 2.29 bits per heavy atom. The SMILES string of the molecule is COCCNC(=O)c1cccc(NC(=O)CNc2ccc(C(=O)N(C)c3ccccc3)cc2)c1. The zero-order valence-corrected chi connectivity index (χ0v) is 19.2. The number of ether oxygens (including phenoxy) is 1. The van der Waals surface area contributed by atoms with Gasteiger partial charge in [0, 0.05) is 48.9 Å². The van der Waals surface area contributed by atoms with Crippen molar-refractivity contribution in [2.45, 2.75) is 0 Å². The Hall–Kier alpha value is -4.17. The first-order valence-corrected chi connectivity index (χ1v) is 10.8.